The van der Waals surface area contributed by atoms with E-state index in [0.717, 1.165) is 34.1 Å². The summed E-state index contributed by atoms with van der Waals surface area (Å²) >= 11 is 1.66. The number of aromatic hydroxyl groups is 2. The van der Waals surface area contributed by atoms with Gasteiger partial charge in [0.05, 0.1) is 5.69 Å². The minimum Gasteiger partial charge on any atom is -0.508 e. The van der Waals surface area contributed by atoms with Crippen LogP contribution in [0.3, 0.4) is 0 Å². The highest BCUT2D eigenvalue weighted by Crippen LogP contribution is 2.45. The Labute approximate surface area is 161 Å². The fraction of sp³-hybridized carbons (Fsp3) is 0.250. The fourth-order valence-electron chi connectivity index (χ4n) is 3.03. The van der Waals surface area contributed by atoms with Gasteiger partial charge in [0.1, 0.15) is 16.5 Å². The predicted molar refractivity (Wildman–Crippen MR) is 105 cm³/mol. The smallest absolute Gasteiger partial charge is 0.231 e. The SMILES string of the molecule is CCCSc1n[nH]c(-c2cc(C)c(O)cc2O)c1-c1ccc2c(c1)OCO2. The highest BCUT2D eigenvalue weighted by atomic mass is 32.2. The molecule has 1 aromatic heterocycles. The number of phenols is 2. The van der Waals surface area contributed by atoms with Crippen LogP contribution in [-0.4, -0.2) is 33.0 Å². The number of aromatic nitrogens is 2. The van der Waals surface area contributed by atoms with Gasteiger partial charge in [0.25, 0.3) is 0 Å². The molecule has 7 heteroatoms. The van der Waals surface area contributed by atoms with Gasteiger partial charge in [-0.15, -0.1) is 11.8 Å². The van der Waals surface area contributed by atoms with Crippen molar-refractivity contribution in [3.8, 4) is 45.4 Å². The molecule has 0 unspecified atom stereocenters. The number of aryl methyl sites for hydroxylation is 1. The zero-order chi connectivity index (χ0) is 19.0. The number of phenolic OH excluding ortho intramolecular Hbond substituents is 2. The molecular formula is C20H20N2O4S. The molecule has 140 valence electrons. The number of hydrogen-bond acceptors (Lipinski definition) is 6. The average molecular weight is 384 g/mol. The molecule has 1 aliphatic rings. The van der Waals surface area contributed by atoms with Gasteiger partial charge in [0.2, 0.25) is 6.79 Å². The number of benzene rings is 2. The molecule has 4 rings (SSSR count). The number of fused-ring (bicyclic) bond motifs is 1. The van der Waals surface area contributed by atoms with Crippen molar-refractivity contribution in [3.05, 3.63) is 35.9 Å². The van der Waals surface area contributed by atoms with E-state index in [4.69, 9.17) is 9.47 Å². The van der Waals surface area contributed by atoms with E-state index in [1.807, 2.05) is 18.2 Å². The molecule has 0 atom stereocenters. The van der Waals surface area contributed by atoms with Crippen LogP contribution in [-0.2, 0) is 0 Å². The molecule has 3 N–H and O–H groups in total. The van der Waals surface area contributed by atoms with Crippen molar-refractivity contribution < 1.29 is 19.7 Å². The summed E-state index contributed by atoms with van der Waals surface area (Å²) in [6.07, 6.45) is 1.02. The number of nitrogens with zero attached hydrogens (tertiary/aromatic N) is 1. The maximum Gasteiger partial charge on any atom is 0.231 e. The van der Waals surface area contributed by atoms with Gasteiger partial charge in [-0.2, -0.15) is 5.10 Å². The number of ether oxygens (including phenoxy) is 2. The van der Waals surface area contributed by atoms with Crippen molar-refractivity contribution in [1.29, 1.82) is 0 Å². The van der Waals surface area contributed by atoms with Gasteiger partial charge < -0.3 is 19.7 Å². The first-order valence-corrected chi connectivity index (χ1v) is 9.71. The van der Waals surface area contributed by atoms with E-state index < -0.39 is 0 Å². The molecule has 2 heterocycles. The van der Waals surface area contributed by atoms with Crippen molar-refractivity contribution in [2.75, 3.05) is 12.5 Å². The first-order chi connectivity index (χ1) is 13.1. The third-order valence-electron chi connectivity index (χ3n) is 4.42. The average Bonchev–Trinajstić information content (AvgIpc) is 3.28. The van der Waals surface area contributed by atoms with Gasteiger partial charge >= 0.3 is 0 Å². The second-order valence-corrected chi connectivity index (χ2v) is 7.43. The molecule has 1 aliphatic heterocycles. The van der Waals surface area contributed by atoms with E-state index in [2.05, 4.69) is 17.1 Å². The van der Waals surface area contributed by atoms with Crippen LogP contribution >= 0.6 is 11.8 Å². The Morgan fingerprint density at radius 2 is 1.93 bits per heavy atom. The standard InChI is InChI=1S/C20H20N2O4S/c1-3-6-27-20-18(12-4-5-16-17(8-12)26-10-25-16)19(21-22-20)13-7-11(2)14(23)9-15(13)24/h4-5,7-9,23-24H,3,6,10H2,1-2H3,(H,21,22). The minimum atomic E-state index is -0.00390. The maximum absolute atomic E-state index is 10.4. The van der Waals surface area contributed by atoms with E-state index in [-0.39, 0.29) is 18.3 Å². The molecule has 0 saturated heterocycles. The lowest BCUT2D eigenvalue weighted by Crippen LogP contribution is -1.92. The van der Waals surface area contributed by atoms with Gasteiger partial charge in [-0.25, -0.2) is 0 Å². The fourth-order valence-corrected chi connectivity index (χ4v) is 3.90. The molecular weight excluding hydrogens is 364 g/mol. The summed E-state index contributed by atoms with van der Waals surface area (Å²) in [5.74, 6) is 2.39. The van der Waals surface area contributed by atoms with E-state index in [9.17, 15) is 10.2 Å². The number of H-pyrrole nitrogens is 1. The number of hydrogen-bond donors (Lipinski definition) is 3. The molecule has 0 spiro atoms. The monoisotopic (exact) mass is 384 g/mol. The highest BCUT2D eigenvalue weighted by Gasteiger charge is 2.22. The Morgan fingerprint density at radius 3 is 2.74 bits per heavy atom. The molecule has 27 heavy (non-hydrogen) atoms. The minimum absolute atomic E-state index is 0.00390. The van der Waals surface area contributed by atoms with E-state index in [0.29, 0.717) is 22.6 Å². The molecule has 6 nitrogen and oxygen atoms in total. The van der Waals surface area contributed by atoms with E-state index in [1.54, 1.807) is 24.8 Å². The Bertz CT molecular complexity index is 1000. The van der Waals surface area contributed by atoms with Crippen molar-refractivity contribution in [1.82, 2.24) is 10.2 Å². The summed E-state index contributed by atoms with van der Waals surface area (Å²) < 4.78 is 10.9. The van der Waals surface area contributed by atoms with Crippen LogP contribution in [0, 0.1) is 6.92 Å². The van der Waals surface area contributed by atoms with Crippen LogP contribution in [0.5, 0.6) is 23.0 Å². The van der Waals surface area contributed by atoms with Crippen LogP contribution in [0.15, 0.2) is 35.4 Å². The zero-order valence-corrected chi connectivity index (χ0v) is 15.9. The summed E-state index contributed by atoms with van der Waals surface area (Å²) in [5, 5.41) is 28.7. The van der Waals surface area contributed by atoms with Crippen LogP contribution in [0.2, 0.25) is 0 Å². The first-order valence-electron chi connectivity index (χ1n) is 8.72. The zero-order valence-electron chi connectivity index (χ0n) is 15.1. The predicted octanol–water partition coefficient (Wildman–Crippen LogP) is 4.69. The van der Waals surface area contributed by atoms with Gasteiger partial charge in [-0.05, 0) is 48.4 Å². The largest absolute Gasteiger partial charge is 0.508 e. The normalized spacial score (nSPS) is 12.5. The van der Waals surface area contributed by atoms with Crippen molar-refractivity contribution in [3.63, 3.8) is 0 Å². The second-order valence-electron chi connectivity index (χ2n) is 6.35. The summed E-state index contributed by atoms with van der Waals surface area (Å²) in [6, 6.07) is 8.88. The van der Waals surface area contributed by atoms with Crippen LogP contribution in [0.4, 0.5) is 0 Å². The van der Waals surface area contributed by atoms with Crippen LogP contribution in [0.1, 0.15) is 18.9 Å². The summed E-state index contributed by atoms with van der Waals surface area (Å²) in [5.41, 5.74) is 3.79. The van der Waals surface area contributed by atoms with Crippen molar-refractivity contribution in [2.45, 2.75) is 25.3 Å². The number of rotatable bonds is 5. The Balaban J connectivity index is 1.88. The molecule has 0 radical (unpaired) electrons. The molecule has 0 fully saturated rings. The summed E-state index contributed by atoms with van der Waals surface area (Å²) in [6.45, 7) is 4.13. The lowest BCUT2D eigenvalue weighted by molar-refractivity contribution is 0.174. The second kappa shape index (κ2) is 7.08. The van der Waals surface area contributed by atoms with Gasteiger partial charge in [0, 0.05) is 17.2 Å². The molecule has 2 aromatic carbocycles. The van der Waals surface area contributed by atoms with E-state index in [1.165, 1.54) is 6.07 Å². The van der Waals surface area contributed by atoms with Gasteiger partial charge in [-0.1, -0.05) is 13.0 Å². The summed E-state index contributed by atoms with van der Waals surface area (Å²) in [7, 11) is 0. The lowest BCUT2D eigenvalue weighted by Gasteiger charge is -2.10. The topological polar surface area (TPSA) is 87.6 Å². The number of thioether (sulfide) groups is 1. The highest BCUT2D eigenvalue weighted by molar-refractivity contribution is 7.99. The number of nitrogens with one attached hydrogen (secondary N) is 1. The summed E-state index contributed by atoms with van der Waals surface area (Å²) in [4.78, 5) is 0. The molecule has 0 aliphatic carbocycles. The van der Waals surface area contributed by atoms with Crippen molar-refractivity contribution in [2.24, 2.45) is 0 Å². The first kappa shape index (κ1) is 17.6. The third kappa shape index (κ3) is 3.19. The van der Waals surface area contributed by atoms with Gasteiger partial charge in [-0.3, -0.25) is 5.10 Å². The molecule has 0 bridgehead atoms. The quantitative estimate of drug-likeness (QED) is 0.553. The molecule has 0 amide bonds. The van der Waals surface area contributed by atoms with Crippen molar-refractivity contribution >= 4 is 11.8 Å². The lowest BCUT2D eigenvalue weighted by atomic mass is 9.99. The Hall–Kier alpha value is -2.80. The maximum atomic E-state index is 10.4. The molecule has 3 aromatic rings. The van der Waals surface area contributed by atoms with E-state index >= 15 is 0 Å². The Kier molecular flexibility index (Phi) is 4.61. The molecule has 0 saturated carbocycles. The number of aromatic amines is 1. The Morgan fingerprint density at radius 1 is 1.11 bits per heavy atom. The van der Waals surface area contributed by atoms with Gasteiger partial charge in [0.15, 0.2) is 11.5 Å². The van der Waals surface area contributed by atoms with Crippen LogP contribution in [0.25, 0.3) is 22.4 Å². The van der Waals surface area contributed by atoms with Crippen LogP contribution < -0.4 is 9.47 Å². The third-order valence-corrected chi connectivity index (χ3v) is 5.60.